The van der Waals surface area contributed by atoms with E-state index in [-0.39, 0.29) is 36.3 Å². The van der Waals surface area contributed by atoms with Crippen LogP contribution in [0.3, 0.4) is 0 Å². The van der Waals surface area contributed by atoms with Crippen LogP contribution in [0.25, 0.3) is 11.3 Å². The Morgan fingerprint density at radius 1 is 1.12 bits per heavy atom. The van der Waals surface area contributed by atoms with Gasteiger partial charge in [-0.05, 0) is 50.2 Å². The first-order chi connectivity index (χ1) is 16.0. The number of aliphatic hydroxyl groups is 1. The minimum Gasteiger partial charge on any atom is -0.393 e. The van der Waals surface area contributed by atoms with Crippen LogP contribution in [0.15, 0.2) is 24.5 Å². The van der Waals surface area contributed by atoms with Gasteiger partial charge < -0.3 is 15.7 Å². The van der Waals surface area contributed by atoms with E-state index in [9.17, 15) is 14.7 Å². The van der Waals surface area contributed by atoms with Gasteiger partial charge in [-0.1, -0.05) is 19.4 Å². The van der Waals surface area contributed by atoms with Gasteiger partial charge in [0, 0.05) is 31.4 Å². The second-order valence-electron chi connectivity index (χ2n) is 8.96. The molecule has 33 heavy (non-hydrogen) atoms. The average Bonchev–Trinajstić information content (AvgIpc) is 3.13. The van der Waals surface area contributed by atoms with Gasteiger partial charge in [0.15, 0.2) is 0 Å². The molecular formula is C24H32N6O3. The van der Waals surface area contributed by atoms with Gasteiger partial charge in [0.1, 0.15) is 5.82 Å². The molecule has 2 aliphatic rings. The number of unbranched alkanes of at least 4 members (excludes halogenated alkanes) is 1. The molecule has 1 saturated heterocycles. The van der Waals surface area contributed by atoms with Crippen LogP contribution >= 0.6 is 0 Å². The predicted molar refractivity (Wildman–Crippen MR) is 126 cm³/mol. The number of hydrogen-bond acceptors (Lipinski definition) is 8. The van der Waals surface area contributed by atoms with Gasteiger partial charge >= 0.3 is 0 Å². The van der Waals surface area contributed by atoms with Crippen molar-refractivity contribution in [2.24, 2.45) is 5.92 Å². The molecule has 0 aromatic carbocycles. The largest absolute Gasteiger partial charge is 0.393 e. The quantitative estimate of drug-likeness (QED) is 0.338. The first-order valence-corrected chi connectivity index (χ1v) is 11.9. The molecule has 176 valence electrons. The SMILES string of the molecule is CCCCNc1ncc(-c2ccc(CC3CC(=O)NC3=O)cn2)c(N[C@H]2CC[C@H](O)CC2)n1. The van der Waals surface area contributed by atoms with Crippen molar-refractivity contribution >= 4 is 23.6 Å². The standard InChI is InChI=1S/C24H32N6O3/c1-2-3-10-25-24-27-14-19(22(30-24)28-17-5-7-18(31)8-6-17)20-9-4-15(13-26-20)11-16-12-21(32)29-23(16)33/h4,9,13-14,16-18,31H,2-3,5-8,10-12H2,1H3,(H,29,32,33)(H2,25,27,28,30)/t16?,17-,18-. The number of carbonyl (C=O) groups is 2. The van der Waals surface area contributed by atoms with Crippen molar-refractivity contribution in [3.63, 3.8) is 0 Å². The monoisotopic (exact) mass is 452 g/mol. The summed E-state index contributed by atoms with van der Waals surface area (Å²) in [6.45, 7) is 2.96. The van der Waals surface area contributed by atoms with E-state index < -0.39 is 0 Å². The molecule has 2 aromatic rings. The minimum absolute atomic E-state index is 0.215. The Hall–Kier alpha value is -3.07. The molecule has 0 bridgehead atoms. The zero-order chi connectivity index (χ0) is 23.2. The van der Waals surface area contributed by atoms with Crippen LogP contribution in [0.5, 0.6) is 0 Å². The predicted octanol–water partition coefficient (Wildman–Crippen LogP) is 2.67. The zero-order valence-electron chi connectivity index (χ0n) is 19.0. The van der Waals surface area contributed by atoms with E-state index >= 15 is 0 Å². The fourth-order valence-electron chi connectivity index (χ4n) is 4.32. The molecule has 2 fully saturated rings. The highest BCUT2D eigenvalue weighted by molar-refractivity contribution is 6.03. The summed E-state index contributed by atoms with van der Waals surface area (Å²) in [5, 5.41) is 19.0. The number of nitrogens with one attached hydrogen (secondary N) is 3. The average molecular weight is 453 g/mol. The lowest BCUT2D eigenvalue weighted by molar-refractivity contribution is -0.125. The number of amides is 2. The maximum absolute atomic E-state index is 11.9. The Kier molecular flexibility index (Phi) is 7.49. The van der Waals surface area contributed by atoms with Crippen LogP contribution in [0.1, 0.15) is 57.4 Å². The normalized spacial score (nSPS) is 22.8. The molecule has 0 spiro atoms. The lowest BCUT2D eigenvalue weighted by Gasteiger charge is -2.27. The fourth-order valence-corrected chi connectivity index (χ4v) is 4.32. The van der Waals surface area contributed by atoms with Crippen molar-refractivity contribution < 1.29 is 14.7 Å². The van der Waals surface area contributed by atoms with Gasteiger partial charge in [-0.25, -0.2) is 4.98 Å². The number of carbonyl (C=O) groups excluding carboxylic acids is 2. The number of rotatable bonds is 9. The van der Waals surface area contributed by atoms with Crippen molar-refractivity contribution in [2.75, 3.05) is 17.2 Å². The molecule has 1 aliphatic carbocycles. The van der Waals surface area contributed by atoms with E-state index in [4.69, 9.17) is 4.98 Å². The van der Waals surface area contributed by atoms with Crippen LogP contribution in [-0.2, 0) is 16.0 Å². The Morgan fingerprint density at radius 3 is 2.61 bits per heavy atom. The third-order valence-electron chi connectivity index (χ3n) is 6.29. The van der Waals surface area contributed by atoms with Crippen LogP contribution in [0, 0.1) is 5.92 Å². The summed E-state index contributed by atoms with van der Waals surface area (Å²) in [5.41, 5.74) is 2.45. The highest BCUT2D eigenvalue weighted by Crippen LogP contribution is 2.29. The Morgan fingerprint density at radius 2 is 1.94 bits per heavy atom. The number of pyridine rings is 1. The molecule has 9 heteroatoms. The van der Waals surface area contributed by atoms with E-state index in [0.717, 1.165) is 67.7 Å². The van der Waals surface area contributed by atoms with Crippen molar-refractivity contribution in [2.45, 2.75) is 70.4 Å². The van der Waals surface area contributed by atoms with E-state index in [0.29, 0.717) is 12.4 Å². The number of anilines is 2. The highest BCUT2D eigenvalue weighted by atomic mass is 16.3. The second kappa shape index (κ2) is 10.7. The maximum Gasteiger partial charge on any atom is 0.230 e. The smallest absolute Gasteiger partial charge is 0.230 e. The van der Waals surface area contributed by atoms with Gasteiger partial charge in [0.25, 0.3) is 0 Å². The lowest BCUT2D eigenvalue weighted by atomic mass is 9.93. The van der Waals surface area contributed by atoms with Crippen molar-refractivity contribution in [3.05, 3.63) is 30.1 Å². The van der Waals surface area contributed by atoms with Gasteiger partial charge in [-0.2, -0.15) is 4.98 Å². The summed E-state index contributed by atoms with van der Waals surface area (Å²) in [6, 6.07) is 4.08. The summed E-state index contributed by atoms with van der Waals surface area (Å²) in [5.74, 6) is 0.546. The molecular weight excluding hydrogens is 420 g/mol. The lowest BCUT2D eigenvalue weighted by Crippen LogP contribution is -2.29. The van der Waals surface area contributed by atoms with E-state index in [1.165, 1.54) is 0 Å². The number of nitrogens with zero attached hydrogens (tertiary/aromatic N) is 3. The van der Waals surface area contributed by atoms with Crippen LogP contribution in [0.4, 0.5) is 11.8 Å². The number of aromatic nitrogens is 3. The van der Waals surface area contributed by atoms with Crippen molar-refractivity contribution in [1.29, 1.82) is 0 Å². The topological polar surface area (TPSA) is 129 Å². The van der Waals surface area contributed by atoms with E-state index in [1.54, 1.807) is 12.4 Å². The van der Waals surface area contributed by atoms with Crippen LogP contribution in [-0.4, -0.2) is 50.6 Å². The van der Waals surface area contributed by atoms with Gasteiger partial charge in [-0.3, -0.25) is 19.9 Å². The first kappa shape index (κ1) is 23.1. The molecule has 1 atom stereocenters. The first-order valence-electron chi connectivity index (χ1n) is 11.9. The number of aliphatic hydroxyl groups excluding tert-OH is 1. The number of hydrogen-bond donors (Lipinski definition) is 4. The van der Waals surface area contributed by atoms with Crippen LogP contribution in [0.2, 0.25) is 0 Å². The molecule has 1 aliphatic heterocycles. The molecule has 1 saturated carbocycles. The van der Waals surface area contributed by atoms with Crippen molar-refractivity contribution in [1.82, 2.24) is 20.3 Å². The molecule has 9 nitrogen and oxygen atoms in total. The number of imide groups is 1. The third kappa shape index (κ3) is 6.04. The van der Waals surface area contributed by atoms with Gasteiger partial charge in [0.2, 0.25) is 17.8 Å². The van der Waals surface area contributed by atoms with E-state index in [2.05, 4.69) is 32.8 Å². The third-order valence-corrected chi connectivity index (χ3v) is 6.29. The Balaban J connectivity index is 1.52. The molecule has 1 unspecified atom stereocenters. The Bertz CT molecular complexity index is 973. The molecule has 4 rings (SSSR count). The van der Waals surface area contributed by atoms with Gasteiger partial charge in [-0.15, -0.1) is 0 Å². The molecule has 2 aromatic heterocycles. The maximum atomic E-state index is 11.9. The second-order valence-corrected chi connectivity index (χ2v) is 8.96. The molecule has 4 N–H and O–H groups in total. The summed E-state index contributed by atoms with van der Waals surface area (Å²) in [4.78, 5) is 37.1. The summed E-state index contributed by atoms with van der Waals surface area (Å²) in [7, 11) is 0. The fraction of sp³-hybridized carbons (Fsp3) is 0.542. The van der Waals surface area contributed by atoms with E-state index in [1.807, 2.05) is 12.1 Å². The molecule has 2 amide bonds. The van der Waals surface area contributed by atoms with Crippen LogP contribution < -0.4 is 16.0 Å². The summed E-state index contributed by atoms with van der Waals surface area (Å²) >= 11 is 0. The van der Waals surface area contributed by atoms with Crippen molar-refractivity contribution in [3.8, 4) is 11.3 Å². The summed E-state index contributed by atoms with van der Waals surface area (Å²) < 4.78 is 0. The molecule has 0 radical (unpaired) electrons. The molecule has 3 heterocycles. The Labute approximate surface area is 193 Å². The van der Waals surface area contributed by atoms with Gasteiger partial charge in [0.05, 0.1) is 23.3 Å². The highest BCUT2D eigenvalue weighted by Gasteiger charge is 2.30. The zero-order valence-corrected chi connectivity index (χ0v) is 19.0. The summed E-state index contributed by atoms with van der Waals surface area (Å²) in [6.07, 6.45) is 9.50. The minimum atomic E-state index is -0.333.